The predicted molar refractivity (Wildman–Crippen MR) is 80.7 cm³/mol. The van der Waals surface area contributed by atoms with E-state index in [9.17, 15) is 0 Å². The van der Waals surface area contributed by atoms with Crippen LogP contribution in [-0.4, -0.2) is 4.98 Å². The third kappa shape index (κ3) is 2.47. The second-order valence-electron chi connectivity index (χ2n) is 4.74. The lowest BCUT2D eigenvalue weighted by atomic mass is 9.99. The van der Waals surface area contributed by atoms with Crippen LogP contribution in [0.3, 0.4) is 0 Å². The summed E-state index contributed by atoms with van der Waals surface area (Å²) in [7, 11) is 0. The SMILES string of the molecule is Cc1ccc(Cc2ccc(Cl)cc2)c2ncccc12. The summed E-state index contributed by atoms with van der Waals surface area (Å²) in [5, 5.41) is 2.00. The van der Waals surface area contributed by atoms with Crippen LogP contribution in [0.25, 0.3) is 10.9 Å². The summed E-state index contributed by atoms with van der Waals surface area (Å²) < 4.78 is 0. The van der Waals surface area contributed by atoms with E-state index in [1.54, 1.807) is 0 Å². The van der Waals surface area contributed by atoms with Crippen LogP contribution in [-0.2, 0) is 6.42 Å². The lowest BCUT2D eigenvalue weighted by molar-refractivity contribution is 1.19. The number of benzene rings is 2. The van der Waals surface area contributed by atoms with Crippen molar-refractivity contribution in [2.45, 2.75) is 13.3 Å². The van der Waals surface area contributed by atoms with E-state index in [2.05, 4.69) is 42.2 Å². The zero-order chi connectivity index (χ0) is 13.2. The van der Waals surface area contributed by atoms with Crippen molar-refractivity contribution in [3.05, 3.63) is 76.4 Å². The molecular formula is C17H14ClN. The normalized spacial score (nSPS) is 10.8. The van der Waals surface area contributed by atoms with Gasteiger partial charge in [-0.1, -0.05) is 41.9 Å². The van der Waals surface area contributed by atoms with Gasteiger partial charge in [0, 0.05) is 16.6 Å². The standard InChI is InChI=1S/C17H14ClN/c1-12-4-7-14(17-16(12)3-2-10-19-17)11-13-5-8-15(18)9-6-13/h2-10H,11H2,1H3. The third-order valence-electron chi connectivity index (χ3n) is 3.38. The first kappa shape index (κ1) is 12.2. The van der Waals surface area contributed by atoms with Crippen molar-refractivity contribution in [2.75, 3.05) is 0 Å². The van der Waals surface area contributed by atoms with Crippen LogP contribution in [0.2, 0.25) is 5.02 Å². The summed E-state index contributed by atoms with van der Waals surface area (Å²) in [4.78, 5) is 4.53. The topological polar surface area (TPSA) is 12.9 Å². The van der Waals surface area contributed by atoms with Crippen molar-refractivity contribution in [3.63, 3.8) is 0 Å². The fourth-order valence-corrected chi connectivity index (χ4v) is 2.46. The zero-order valence-corrected chi connectivity index (χ0v) is 11.5. The van der Waals surface area contributed by atoms with Crippen LogP contribution < -0.4 is 0 Å². The van der Waals surface area contributed by atoms with Gasteiger partial charge in [0.2, 0.25) is 0 Å². The third-order valence-corrected chi connectivity index (χ3v) is 3.63. The molecule has 0 spiro atoms. The van der Waals surface area contributed by atoms with E-state index in [4.69, 9.17) is 11.6 Å². The number of pyridine rings is 1. The lowest BCUT2D eigenvalue weighted by Gasteiger charge is -2.08. The Morgan fingerprint density at radius 3 is 2.58 bits per heavy atom. The number of fused-ring (bicyclic) bond motifs is 1. The monoisotopic (exact) mass is 267 g/mol. The van der Waals surface area contributed by atoms with Crippen LogP contribution in [0.1, 0.15) is 16.7 Å². The van der Waals surface area contributed by atoms with Crippen LogP contribution in [0.4, 0.5) is 0 Å². The first-order valence-corrected chi connectivity index (χ1v) is 6.69. The first-order valence-electron chi connectivity index (χ1n) is 6.32. The molecule has 0 amide bonds. The number of halogens is 1. The van der Waals surface area contributed by atoms with Crippen LogP contribution in [0.5, 0.6) is 0 Å². The Bertz CT molecular complexity index is 717. The van der Waals surface area contributed by atoms with Gasteiger partial charge in [0.25, 0.3) is 0 Å². The molecular weight excluding hydrogens is 254 g/mol. The molecule has 1 nitrogen and oxygen atoms in total. The summed E-state index contributed by atoms with van der Waals surface area (Å²) in [6, 6.07) is 16.4. The van der Waals surface area contributed by atoms with Gasteiger partial charge >= 0.3 is 0 Å². The molecule has 0 bridgehead atoms. The second kappa shape index (κ2) is 5.02. The van der Waals surface area contributed by atoms with Crippen LogP contribution >= 0.6 is 11.6 Å². The fourth-order valence-electron chi connectivity index (χ4n) is 2.34. The molecule has 0 fully saturated rings. The highest BCUT2D eigenvalue weighted by atomic mass is 35.5. The molecule has 94 valence electrons. The van der Waals surface area contributed by atoms with Crippen LogP contribution in [0, 0.1) is 6.92 Å². The molecule has 1 aromatic heterocycles. The lowest BCUT2D eigenvalue weighted by Crippen LogP contribution is -1.93. The van der Waals surface area contributed by atoms with Gasteiger partial charge in [-0.3, -0.25) is 4.98 Å². The van der Waals surface area contributed by atoms with E-state index in [0.29, 0.717) is 0 Å². The van der Waals surface area contributed by atoms with Crippen molar-refractivity contribution in [1.29, 1.82) is 0 Å². The first-order chi connectivity index (χ1) is 9.24. The number of aromatic nitrogens is 1. The maximum atomic E-state index is 5.92. The van der Waals surface area contributed by atoms with E-state index < -0.39 is 0 Å². The van der Waals surface area contributed by atoms with Crippen molar-refractivity contribution in [2.24, 2.45) is 0 Å². The number of rotatable bonds is 2. The average molecular weight is 268 g/mol. The maximum absolute atomic E-state index is 5.92. The summed E-state index contributed by atoms with van der Waals surface area (Å²) in [6.07, 6.45) is 2.73. The Kier molecular flexibility index (Phi) is 3.22. The van der Waals surface area contributed by atoms with E-state index in [1.165, 1.54) is 22.1 Å². The quantitative estimate of drug-likeness (QED) is 0.651. The smallest absolute Gasteiger partial charge is 0.0739 e. The summed E-state index contributed by atoms with van der Waals surface area (Å²) in [6.45, 7) is 2.12. The molecule has 0 atom stereocenters. The Balaban J connectivity index is 2.06. The highest BCUT2D eigenvalue weighted by Gasteiger charge is 2.05. The molecule has 0 radical (unpaired) electrons. The maximum Gasteiger partial charge on any atom is 0.0739 e. The summed E-state index contributed by atoms with van der Waals surface area (Å²) >= 11 is 5.92. The Hall–Kier alpha value is -1.86. The van der Waals surface area contributed by atoms with Crippen molar-refractivity contribution in [1.82, 2.24) is 4.98 Å². The molecule has 0 saturated heterocycles. The van der Waals surface area contributed by atoms with Gasteiger partial charge in [-0.25, -0.2) is 0 Å². The van der Waals surface area contributed by atoms with Crippen LogP contribution in [0.15, 0.2) is 54.7 Å². The van der Waals surface area contributed by atoms with E-state index in [1.807, 2.05) is 24.4 Å². The molecule has 2 aromatic carbocycles. The Morgan fingerprint density at radius 2 is 1.79 bits per heavy atom. The molecule has 0 aliphatic rings. The molecule has 1 heterocycles. The molecule has 3 aromatic rings. The summed E-state index contributed by atoms with van der Waals surface area (Å²) in [5.41, 5.74) is 4.86. The van der Waals surface area contributed by atoms with Gasteiger partial charge in [-0.15, -0.1) is 0 Å². The molecule has 0 aliphatic heterocycles. The number of hydrogen-bond donors (Lipinski definition) is 0. The molecule has 0 aliphatic carbocycles. The van der Waals surface area contributed by atoms with Gasteiger partial charge in [0.05, 0.1) is 5.52 Å². The largest absolute Gasteiger partial charge is 0.256 e. The highest BCUT2D eigenvalue weighted by Crippen LogP contribution is 2.23. The number of hydrogen-bond acceptors (Lipinski definition) is 1. The fraction of sp³-hybridized carbons (Fsp3) is 0.118. The molecule has 0 N–H and O–H groups in total. The molecule has 19 heavy (non-hydrogen) atoms. The van der Waals surface area contributed by atoms with Crippen molar-refractivity contribution in [3.8, 4) is 0 Å². The highest BCUT2D eigenvalue weighted by molar-refractivity contribution is 6.30. The number of nitrogens with zero attached hydrogens (tertiary/aromatic N) is 1. The van der Waals surface area contributed by atoms with Gasteiger partial charge in [-0.2, -0.15) is 0 Å². The van der Waals surface area contributed by atoms with Gasteiger partial charge in [0.1, 0.15) is 0 Å². The van der Waals surface area contributed by atoms with E-state index in [-0.39, 0.29) is 0 Å². The van der Waals surface area contributed by atoms with E-state index in [0.717, 1.165) is 17.0 Å². The van der Waals surface area contributed by atoms with Gasteiger partial charge in [0.15, 0.2) is 0 Å². The van der Waals surface area contributed by atoms with E-state index >= 15 is 0 Å². The zero-order valence-electron chi connectivity index (χ0n) is 10.7. The number of aryl methyl sites for hydroxylation is 1. The minimum absolute atomic E-state index is 0.774. The molecule has 3 rings (SSSR count). The van der Waals surface area contributed by atoms with Crippen molar-refractivity contribution < 1.29 is 0 Å². The summed E-state index contributed by atoms with van der Waals surface area (Å²) in [5.74, 6) is 0. The Labute approximate surface area is 117 Å². The van der Waals surface area contributed by atoms with Gasteiger partial charge < -0.3 is 0 Å². The Morgan fingerprint density at radius 1 is 1.00 bits per heavy atom. The minimum atomic E-state index is 0.774. The molecule has 0 saturated carbocycles. The van der Waals surface area contributed by atoms with Gasteiger partial charge in [-0.05, 0) is 48.2 Å². The average Bonchev–Trinajstić information content (AvgIpc) is 2.45. The molecule has 2 heteroatoms. The molecule has 0 unspecified atom stereocenters. The second-order valence-corrected chi connectivity index (χ2v) is 5.18. The van der Waals surface area contributed by atoms with Crippen molar-refractivity contribution >= 4 is 22.5 Å². The predicted octanol–water partition coefficient (Wildman–Crippen LogP) is 4.79. The minimum Gasteiger partial charge on any atom is -0.256 e.